The number of halogens is 1. The SMILES string of the molecule is CCC(CC)(O[P+](=O)O)c1ccc(-c2cccc(Cl)c2)cn1. The highest BCUT2D eigenvalue weighted by Gasteiger charge is 2.40. The van der Waals surface area contributed by atoms with Gasteiger partial charge in [0.15, 0.2) is 5.60 Å². The summed E-state index contributed by atoms with van der Waals surface area (Å²) < 4.78 is 16.4. The summed E-state index contributed by atoms with van der Waals surface area (Å²) in [5.41, 5.74) is 1.72. The van der Waals surface area contributed by atoms with Crippen molar-refractivity contribution in [3.8, 4) is 11.1 Å². The van der Waals surface area contributed by atoms with Crippen LogP contribution in [0.1, 0.15) is 32.4 Å². The molecule has 1 aromatic carbocycles. The van der Waals surface area contributed by atoms with Crippen molar-refractivity contribution in [2.75, 3.05) is 0 Å². The molecule has 22 heavy (non-hydrogen) atoms. The number of hydrogen-bond donors (Lipinski definition) is 1. The van der Waals surface area contributed by atoms with Gasteiger partial charge in [-0.05, 0) is 36.6 Å². The minimum absolute atomic E-state index is 0.564. The van der Waals surface area contributed by atoms with Crippen LogP contribution in [0.15, 0.2) is 42.6 Å². The fourth-order valence-corrected chi connectivity index (χ4v) is 3.28. The first-order valence-electron chi connectivity index (χ1n) is 7.08. The van der Waals surface area contributed by atoms with E-state index in [0.717, 1.165) is 11.1 Å². The predicted molar refractivity (Wildman–Crippen MR) is 87.9 cm³/mol. The number of hydrogen-bond acceptors (Lipinski definition) is 3. The Bertz CT molecular complexity index is 657. The largest absolute Gasteiger partial charge is 0.695 e. The molecule has 0 saturated heterocycles. The fourth-order valence-electron chi connectivity index (χ4n) is 2.44. The zero-order valence-corrected chi connectivity index (χ0v) is 14.1. The van der Waals surface area contributed by atoms with Crippen molar-refractivity contribution in [3.05, 3.63) is 53.3 Å². The van der Waals surface area contributed by atoms with Crippen molar-refractivity contribution in [3.63, 3.8) is 0 Å². The standard InChI is InChI=1S/C16H17ClNO3P/c1-3-16(4-2,21-22(19)20)15-9-8-13(11-18-15)12-6-5-7-14(17)10-12/h5-11H,3-4H2,1-2H3/p+1. The summed E-state index contributed by atoms with van der Waals surface area (Å²) >= 11 is 6.00. The molecule has 0 aliphatic rings. The van der Waals surface area contributed by atoms with Gasteiger partial charge in [-0.1, -0.05) is 43.6 Å². The fraction of sp³-hybridized carbons (Fsp3) is 0.312. The van der Waals surface area contributed by atoms with Crippen molar-refractivity contribution in [2.24, 2.45) is 0 Å². The molecule has 0 aliphatic heterocycles. The Morgan fingerprint density at radius 1 is 1.23 bits per heavy atom. The van der Waals surface area contributed by atoms with Crippen LogP contribution in [-0.4, -0.2) is 9.88 Å². The van der Waals surface area contributed by atoms with E-state index < -0.39 is 13.9 Å². The molecule has 6 heteroatoms. The zero-order valence-electron chi connectivity index (χ0n) is 12.5. The van der Waals surface area contributed by atoms with E-state index in [9.17, 15) is 4.57 Å². The molecule has 4 nitrogen and oxygen atoms in total. The quantitative estimate of drug-likeness (QED) is 0.746. The average Bonchev–Trinajstić information content (AvgIpc) is 2.53. The van der Waals surface area contributed by atoms with E-state index in [1.165, 1.54) is 0 Å². The van der Waals surface area contributed by atoms with Gasteiger partial charge in [-0.25, -0.2) is 0 Å². The summed E-state index contributed by atoms with van der Waals surface area (Å²) in [7, 11) is -2.69. The van der Waals surface area contributed by atoms with E-state index in [1.807, 2.05) is 50.2 Å². The molecule has 2 rings (SSSR count). The molecule has 116 valence electrons. The monoisotopic (exact) mass is 338 g/mol. The van der Waals surface area contributed by atoms with Gasteiger partial charge in [0.2, 0.25) is 0 Å². The van der Waals surface area contributed by atoms with Gasteiger partial charge in [0.25, 0.3) is 0 Å². The van der Waals surface area contributed by atoms with Gasteiger partial charge in [-0.15, -0.1) is 9.42 Å². The molecule has 2 aromatic rings. The molecule has 0 fully saturated rings. The first kappa shape index (κ1) is 17.0. The highest BCUT2D eigenvalue weighted by atomic mass is 35.5. The molecule has 0 amide bonds. The lowest BCUT2D eigenvalue weighted by Crippen LogP contribution is -2.27. The van der Waals surface area contributed by atoms with Crippen molar-refractivity contribution >= 4 is 19.9 Å². The third-order valence-electron chi connectivity index (χ3n) is 3.78. The van der Waals surface area contributed by atoms with Crippen LogP contribution in [0.5, 0.6) is 0 Å². The highest BCUT2D eigenvalue weighted by Crippen LogP contribution is 2.39. The normalized spacial score (nSPS) is 12.3. The van der Waals surface area contributed by atoms with E-state index >= 15 is 0 Å². The van der Waals surface area contributed by atoms with Crippen molar-refractivity contribution < 1.29 is 14.0 Å². The minimum atomic E-state index is -2.69. The molecule has 1 aromatic heterocycles. The number of aromatic nitrogens is 1. The third kappa shape index (κ3) is 3.71. The van der Waals surface area contributed by atoms with Gasteiger partial charge in [-0.2, -0.15) is 0 Å². The van der Waals surface area contributed by atoms with Crippen LogP contribution >= 0.6 is 19.9 Å². The summed E-state index contributed by atoms with van der Waals surface area (Å²) in [5.74, 6) is 0. The smallest absolute Gasteiger partial charge is 0.257 e. The van der Waals surface area contributed by atoms with Crippen LogP contribution in [0, 0.1) is 0 Å². The maximum absolute atomic E-state index is 11.1. The van der Waals surface area contributed by atoms with Crippen LogP contribution in [-0.2, 0) is 14.7 Å². The van der Waals surface area contributed by atoms with E-state index in [4.69, 9.17) is 21.0 Å². The molecule has 0 aliphatic carbocycles. The summed E-state index contributed by atoms with van der Waals surface area (Å²) in [6.45, 7) is 3.82. The van der Waals surface area contributed by atoms with E-state index in [0.29, 0.717) is 23.6 Å². The Morgan fingerprint density at radius 3 is 2.45 bits per heavy atom. The Kier molecular flexibility index (Phi) is 5.65. The average molecular weight is 339 g/mol. The molecule has 0 spiro atoms. The van der Waals surface area contributed by atoms with E-state index in [-0.39, 0.29) is 0 Å². The summed E-state index contributed by atoms with van der Waals surface area (Å²) in [6.07, 6.45) is 2.86. The van der Waals surface area contributed by atoms with Gasteiger partial charge < -0.3 is 0 Å². The second-order valence-corrected chi connectivity index (χ2v) is 6.07. The van der Waals surface area contributed by atoms with Crippen molar-refractivity contribution in [1.29, 1.82) is 0 Å². The molecule has 1 atom stereocenters. The van der Waals surface area contributed by atoms with Crippen LogP contribution in [0.3, 0.4) is 0 Å². The number of rotatable bonds is 6. The Balaban J connectivity index is 2.36. The summed E-state index contributed by atoms with van der Waals surface area (Å²) in [6, 6.07) is 11.3. The molecule has 1 heterocycles. The lowest BCUT2D eigenvalue weighted by molar-refractivity contribution is 0.0493. The van der Waals surface area contributed by atoms with Gasteiger partial charge in [-0.3, -0.25) is 4.98 Å². The van der Waals surface area contributed by atoms with Crippen LogP contribution < -0.4 is 0 Å². The highest BCUT2D eigenvalue weighted by molar-refractivity contribution is 7.32. The lowest BCUT2D eigenvalue weighted by Gasteiger charge is -2.24. The molecular formula is C16H18ClNO3P+. The van der Waals surface area contributed by atoms with Gasteiger partial charge in [0.1, 0.15) is 0 Å². The maximum atomic E-state index is 11.1. The molecule has 1 N–H and O–H groups in total. The molecule has 0 radical (unpaired) electrons. The molecular weight excluding hydrogens is 321 g/mol. The summed E-state index contributed by atoms with van der Waals surface area (Å²) in [5, 5.41) is 0.665. The number of pyridine rings is 1. The maximum Gasteiger partial charge on any atom is 0.695 e. The predicted octanol–water partition coefficient (Wildman–Crippen LogP) is 5.08. The van der Waals surface area contributed by atoms with Crippen LogP contribution in [0.25, 0.3) is 11.1 Å². The second-order valence-electron chi connectivity index (χ2n) is 4.97. The van der Waals surface area contributed by atoms with Gasteiger partial charge >= 0.3 is 8.25 Å². The van der Waals surface area contributed by atoms with Gasteiger partial charge in [0.05, 0.1) is 5.69 Å². The summed E-state index contributed by atoms with van der Waals surface area (Å²) in [4.78, 5) is 13.6. The van der Waals surface area contributed by atoms with E-state index in [1.54, 1.807) is 6.20 Å². The van der Waals surface area contributed by atoms with Crippen molar-refractivity contribution in [1.82, 2.24) is 4.98 Å². The van der Waals surface area contributed by atoms with Crippen LogP contribution in [0.4, 0.5) is 0 Å². The number of nitrogens with zero attached hydrogens (tertiary/aromatic N) is 1. The Hall–Kier alpha value is -1.32. The van der Waals surface area contributed by atoms with Gasteiger partial charge in [0, 0.05) is 21.3 Å². The first-order valence-corrected chi connectivity index (χ1v) is 8.59. The van der Waals surface area contributed by atoms with Crippen molar-refractivity contribution in [2.45, 2.75) is 32.3 Å². The molecule has 0 saturated carbocycles. The van der Waals surface area contributed by atoms with Crippen LogP contribution in [0.2, 0.25) is 5.02 Å². The second kappa shape index (κ2) is 7.30. The minimum Gasteiger partial charge on any atom is -0.257 e. The van der Waals surface area contributed by atoms with E-state index in [2.05, 4.69) is 4.98 Å². The topological polar surface area (TPSA) is 59.4 Å². The lowest BCUT2D eigenvalue weighted by atomic mass is 9.92. The molecule has 0 bridgehead atoms. The zero-order chi connectivity index (χ0) is 16.2. The Morgan fingerprint density at radius 2 is 1.95 bits per heavy atom. The Labute approximate surface area is 136 Å². The first-order chi connectivity index (χ1) is 10.5. The molecule has 1 unspecified atom stereocenters. The third-order valence-corrected chi connectivity index (χ3v) is 4.52. The number of benzene rings is 1.